The van der Waals surface area contributed by atoms with Gasteiger partial charge in [-0.15, -0.1) is 0 Å². The molecule has 15 heteroatoms. The van der Waals surface area contributed by atoms with Gasteiger partial charge in [0.25, 0.3) is 0 Å². The largest absolute Gasteiger partial charge is 0.387 e. The summed E-state index contributed by atoms with van der Waals surface area (Å²) in [7, 11) is 3.00. The molecule has 2 heterocycles. The minimum absolute atomic E-state index is 0.0375. The quantitative estimate of drug-likeness (QED) is 0.0426. The third-order valence-corrected chi connectivity index (χ3v) is 12.9. The van der Waals surface area contributed by atoms with Gasteiger partial charge < -0.3 is 57.2 Å². The van der Waals surface area contributed by atoms with Gasteiger partial charge in [-0.2, -0.15) is 0 Å². The highest BCUT2D eigenvalue weighted by atomic mass is 16.8. The number of rotatable bonds is 21. The molecule has 5 aromatic carbocycles. The summed E-state index contributed by atoms with van der Waals surface area (Å²) in [5.74, 6) is -2.94. The fourth-order valence-corrected chi connectivity index (χ4v) is 8.95. The topological polar surface area (TPSA) is 171 Å². The van der Waals surface area contributed by atoms with Crippen molar-refractivity contribution in [3.05, 3.63) is 190 Å². The van der Waals surface area contributed by atoms with Gasteiger partial charge in [-0.1, -0.05) is 157 Å². The molecule has 0 bridgehead atoms. The van der Waals surface area contributed by atoms with Gasteiger partial charge in [0.15, 0.2) is 6.29 Å². The maximum atomic E-state index is 12.8. The zero-order valence-corrected chi connectivity index (χ0v) is 38.8. The molecular weight excluding hydrogens is 871 g/mol. The number of nitrogens with zero attached hydrogens (tertiary/aromatic N) is 3. The molecular formula is C53H61N3O12. The zero-order valence-electron chi connectivity index (χ0n) is 38.8. The van der Waals surface area contributed by atoms with Gasteiger partial charge in [-0.05, 0) is 47.2 Å². The highest BCUT2D eigenvalue weighted by Crippen LogP contribution is 2.46. The summed E-state index contributed by atoms with van der Waals surface area (Å²) in [5, 5.41) is 17.1. The fraction of sp³-hybridized carbons (Fsp3) is 0.434. The van der Waals surface area contributed by atoms with Gasteiger partial charge in [0, 0.05) is 19.1 Å². The predicted octanol–water partition coefficient (Wildman–Crippen LogP) is 8.22. The van der Waals surface area contributed by atoms with Crippen molar-refractivity contribution in [3.8, 4) is 0 Å². The molecule has 0 radical (unpaired) electrons. The minimum atomic E-state index is -1.48. The van der Waals surface area contributed by atoms with E-state index in [1.165, 1.54) is 14.2 Å². The first-order valence-corrected chi connectivity index (χ1v) is 23.0. The number of methoxy groups -OCH3 is 2. The lowest BCUT2D eigenvalue weighted by Crippen LogP contribution is -2.76. The van der Waals surface area contributed by atoms with E-state index in [2.05, 4.69) is 10.0 Å². The number of aliphatic hydroxyl groups is 1. The van der Waals surface area contributed by atoms with E-state index in [1.54, 1.807) is 13.8 Å². The van der Waals surface area contributed by atoms with Crippen molar-refractivity contribution in [1.29, 1.82) is 0 Å². The molecule has 1 aliphatic carbocycles. The van der Waals surface area contributed by atoms with Crippen LogP contribution < -0.4 is 0 Å². The Kier molecular flexibility index (Phi) is 17.1. The number of hydrogen-bond acceptors (Lipinski definition) is 13. The number of ether oxygens (including phenoxy) is 11. The molecule has 2 aliphatic heterocycles. The van der Waals surface area contributed by atoms with Gasteiger partial charge in [-0.3, -0.25) is 0 Å². The minimum Gasteiger partial charge on any atom is -0.387 e. The fourth-order valence-electron chi connectivity index (χ4n) is 8.95. The molecule has 0 amide bonds. The number of fused-ring (bicyclic) bond motifs is 1. The summed E-state index contributed by atoms with van der Waals surface area (Å²) < 4.78 is 73.0. The van der Waals surface area contributed by atoms with Gasteiger partial charge in [0.1, 0.15) is 61.0 Å². The van der Waals surface area contributed by atoms with Gasteiger partial charge in [0.2, 0.25) is 11.6 Å². The maximum Gasteiger partial charge on any atom is 0.220 e. The number of aliphatic hydroxyl groups excluding tert-OH is 1. The van der Waals surface area contributed by atoms with Gasteiger partial charge >= 0.3 is 0 Å². The van der Waals surface area contributed by atoms with E-state index in [0.29, 0.717) is 0 Å². The number of hydrogen-bond donors (Lipinski definition) is 1. The summed E-state index contributed by atoms with van der Waals surface area (Å²) in [6, 6.07) is 47.2. The van der Waals surface area contributed by atoms with Crippen LogP contribution in [0.4, 0.5) is 0 Å². The molecule has 68 heavy (non-hydrogen) atoms. The van der Waals surface area contributed by atoms with Crippen LogP contribution in [-0.2, 0) is 85.1 Å². The summed E-state index contributed by atoms with van der Waals surface area (Å²) in [6.07, 6.45) is -10.8. The smallest absolute Gasteiger partial charge is 0.220 e. The molecule has 0 aromatic heterocycles. The average molecular weight is 932 g/mol. The SMILES string of the molecule is COC1(C)O[C@@H]2[C@@H](OCc3ccccc3)[C@H](O[C@H]3O[C@H](COCc4ccccc4)[C@@H](OCc4ccccc4)[C@H](OCc4ccccc4)[C@H]3N=[N+]=[N-])[C@H](O)[C@H](OCc3ccccc3)[C@H]2OC1(C)OC. The van der Waals surface area contributed by atoms with Crippen molar-refractivity contribution in [2.75, 3.05) is 20.8 Å². The van der Waals surface area contributed by atoms with Crippen molar-refractivity contribution in [3.63, 3.8) is 0 Å². The summed E-state index contributed by atoms with van der Waals surface area (Å²) in [6.45, 7) is 4.30. The van der Waals surface area contributed by atoms with E-state index in [1.807, 2.05) is 152 Å². The van der Waals surface area contributed by atoms with Crippen LogP contribution >= 0.6 is 0 Å². The molecule has 1 N–H and O–H groups in total. The first kappa shape index (κ1) is 49.4. The van der Waals surface area contributed by atoms with Crippen LogP contribution in [0, 0.1) is 0 Å². The molecule has 360 valence electrons. The molecule has 0 spiro atoms. The van der Waals surface area contributed by atoms with Crippen LogP contribution in [0.3, 0.4) is 0 Å². The lowest BCUT2D eigenvalue weighted by atomic mass is 9.82. The monoisotopic (exact) mass is 931 g/mol. The molecule has 5 aromatic rings. The molecule has 1 saturated carbocycles. The van der Waals surface area contributed by atoms with Gasteiger partial charge in [-0.25, -0.2) is 0 Å². The van der Waals surface area contributed by atoms with Crippen molar-refractivity contribution in [2.24, 2.45) is 5.11 Å². The Morgan fingerprint density at radius 2 is 0.912 bits per heavy atom. The predicted molar refractivity (Wildman–Crippen MR) is 249 cm³/mol. The number of azide groups is 1. The molecule has 2 unspecified atom stereocenters. The second kappa shape index (κ2) is 23.5. The Hall–Kier alpha value is -5.07. The van der Waals surface area contributed by atoms with Crippen LogP contribution in [0.2, 0.25) is 0 Å². The Bertz CT molecular complexity index is 2320. The molecule has 8 rings (SSSR count). The average Bonchev–Trinajstić information content (AvgIpc) is 3.38. The highest BCUT2D eigenvalue weighted by molar-refractivity contribution is 5.18. The third kappa shape index (κ3) is 11.7. The first-order valence-electron chi connectivity index (χ1n) is 23.0. The third-order valence-electron chi connectivity index (χ3n) is 12.9. The van der Waals surface area contributed by atoms with E-state index in [0.717, 1.165) is 27.8 Å². The standard InChI is InChI=1S/C53H61N3O12/c1-52(58-3)53(2,59-4)68-50-48(64-34-40-28-18-9-19-29-40)47(43(57)46(49(50)67-52)63-33-39-26-16-8-17-27-39)66-51-42(55-56-54)45(62-32-38-24-14-7-15-25-38)44(61-31-37-22-12-6-13-23-37)41(65-51)35-60-30-36-20-10-5-11-21-36/h5-29,41-51,57H,30-35H2,1-4H3/t41-,42-,43-,44-,45-,46+,47-,48+,49-,50-,51-,52?,53?/m1/s1. The second-order valence-corrected chi connectivity index (χ2v) is 17.3. The van der Waals surface area contributed by atoms with Crippen molar-refractivity contribution >= 4 is 0 Å². The summed E-state index contributed by atoms with van der Waals surface area (Å²) >= 11 is 0. The van der Waals surface area contributed by atoms with Crippen LogP contribution in [-0.4, -0.2) is 105 Å². The summed E-state index contributed by atoms with van der Waals surface area (Å²) in [5.41, 5.74) is 14.8. The van der Waals surface area contributed by atoms with E-state index in [4.69, 9.17) is 52.1 Å². The van der Waals surface area contributed by atoms with E-state index >= 15 is 0 Å². The van der Waals surface area contributed by atoms with Crippen molar-refractivity contribution in [1.82, 2.24) is 0 Å². The molecule has 2 saturated heterocycles. The lowest BCUT2D eigenvalue weighted by Gasteiger charge is -2.58. The van der Waals surface area contributed by atoms with Crippen LogP contribution in [0.1, 0.15) is 41.7 Å². The van der Waals surface area contributed by atoms with Gasteiger partial charge in [0.05, 0.1) is 39.6 Å². The molecule has 13 atom stereocenters. The lowest BCUT2D eigenvalue weighted by molar-refractivity contribution is -0.475. The molecule has 15 nitrogen and oxygen atoms in total. The first-order chi connectivity index (χ1) is 33.2. The van der Waals surface area contributed by atoms with E-state index in [9.17, 15) is 10.6 Å². The Morgan fingerprint density at radius 3 is 1.34 bits per heavy atom. The zero-order chi connectivity index (χ0) is 47.4. The van der Waals surface area contributed by atoms with Crippen molar-refractivity contribution < 1.29 is 57.2 Å². The summed E-state index contributed by atoms with van der Waals surface area (Å²) in [4.78, 5) is 3.31. The van der Waals surface area contributed by atoms with E-state index < -0.39 is 78.8 Å². The van der Waals surface area contributed by atoms with E-state index in [-0.39, 0.29) is 39.6 Å². The molecule has 3 fully saturated rings. The van der Waals surface area contributed by atoms with Crippen LogP contribution in [0.15, 0.2) is 157 Å². The Morgan fingerprint density at radius 1 is 0.529 bits per heavy atom. The molecule has 3 aliphatic rings. The maximum absolute atomic E-state index is 12.8. The Balaban J connectivity index is 1.18. The normalized spacial score (nSPS) is 31.3. The second-order valence-electron chi connectivity index (χ2n) is 17.3. The van der Waals surface area contributed by atoms with Crippen LogP contribution in [0.25, 0.3) is 10.4 Å². The van der Waals surface area contributed by atoms with Crippen LogP contribution in [0.5, 0.6) is 0 Å². The number of benzene rings is 5. The Labute approximate surface area is 397 Å². The highest BCUT2D eigenvalue weighted by Gasteiger charge is 2.65. The van der Waals surface area contributed by atoms with Crippen molar-refractivity contribution in [2.45, 2.75) is 126 Å².